The van der Waals surface area contributed by atoms with E-state index in [1.54, 1.807) is 0 Å². The molecule has 0 spiro atoms. The molecule has 0 aliphatic carbocycles. The van der Waals surface area contributed by atoms with Crippen molar-refractivity contribution in [3.8, 4) is 34.1 Å². The van der Waals surface area contributed by atoms with E-state index in [2.05, 4.69) is 469 Å². The van der Waals surface area contributed by atoms with Crippen molar-refractivity contribution in [1.82, 2.24) is 32.4 Å². The van der Waals surface area contributed by atoms with Gasteiger partial charge in [0.15, 0.2) is 26.5 Å². The molecule has 2 aliphatic heterocycles. The fourth-order valence-corrected chi connectivity index (χ4v) is 17.7. The predicted molar refractivity (Wildman–Crippen MR) is 647 cm³/mol. The van der Waals surface area contributed by atoms with Crippen molar-refractivity contribution in [2.24, 2.45) is 35.2 Å². The Morgan fingerprint density at radius 1 is 0.241 bits per heavy atom. The van der Waals surface area contributed by atoms with Gasteiger partial charge in [-0.05, 0) is 160 Å². The summed E-state index contributed by atoms with van der Waals surface area (Å²) >= 11 is 0. The first-order valence-electron chi connectivity index (χ1n) is 54.7. The summed E-state index contributed by atoms with van der Waals surface area (Å²) in [6, 6.07) is 103. The summed E-state index contributed by atoms with van der Waals surface area (Å²) in [4.78, 5) is 4.75. The number of aryl methyl sites for hydroxylation is 12. The highest BCUT2D eigenvalue weighted by Crippen LogP contribution is 2.49. The minimum absolute atomic E-state index is 0.359. The Balaban J connectivity index is 0.000000560. The van der Waals surface area contributed by atoms with Gasteiger partial charge in [0.25, 0.3) is 5.65 Å². The topological polar surface area (TPSA) is 51.1 Å². The third-order valence-electron chi connectivity index (χ3n) is 23.3. The van der Waals surface area contributed by atoms with Crippen molar-refractivity contribution < 1.29 is 18.5 Å². The molecule has 22 rings (SSSR count). The van der Waals surface area contributed by atoms with Crippen LogP contribution in [-0.4, -0.2) is 45.6 Å². The molecule has 0 unspecified atom stereocenters. The van der Waals surface area contributed by atoms with Gasteiger partial charge in [-0.25, -0.2) is 13.7 Å². The number of hydrogen-bond acceptors (Lipinski definition) is 2. The van der Waals surface area contributed by atoms with Crippen LogP contribution >= 0.6 is 0 Å². The summed E-state index contributed by atoms with van der Waals surface area (Å²) in [5, 5.41) is 11.8. The second-order valence-corrected chi connectivity index (χ2v) is 30.7. The summed E-state index contributed by atoms with van der Waals surface area (Å²) < 4.78 is 22.3. The van der Waals surface area contributed by atoms with E-state index in [0.717, 1.165) is 5.95 Å². The molecule has 20 aromatic rings. The van der Waals surface area contributed by atoms with Gasteiger partial charge in [0.2, 0.25) is 0 Å². The van der Waals surface area contributed by atoms with Gasteiger partial charge in [0, 0.05) is 79.9 Å². The molecule has 0 fully saturated rings. The lowest BCUT2D eigenvalue weighted by Gasteiger charge is -2.36. The smallest absolute Gasteiger partial charge is 0.358 e. The molecule has 0 saturated heterocycles. The van der Waals surface area contributed by atoms with E-state index in [9.17, 15) is 0 Å². The highest BCUT2D eigenvalue weighted by molar-refractivity contribution is 6.14. The predicted octanol–water partition coefficient (Wildman–Crippen LogP) is 37.0. The Labute approximate surface area is 878 Å². The molecule has 0 radical (unpaired) electrons. The molecule has 0 N–H and O–H groups in total. The maximum atomic E-state index is 2.47. The third kappa shape index (κ3) is 28.9. The first-order chi connectivity index (χ1) is 71.0. The maximum absolute atomic E-state index is 2.47. The lowest BCUT2D eigenvalue weighted by Crippen LogP contribution is -2.36. The quantitative estimate of drug-likeness (QED) is 0.130. The van der Waals surface area contributed by atoms with Crippen LogP contribution in [0.5, 0.6) is 0 Å². The summed E-state index contributed by atoms with van der Waals surface area (Å²) in [5.41, 5.74) is 29.7. The Morgan fingerprint density at radius 3 is 1.04 bits per heavy atom. The van der Waals surface area contributed by atoms with Gasteiger partial charge in [-0.15, -0.1) is 18.6 Å². The van der Waals surface area contributed by atoms with Crippen LogP contribution in [0, 0.1) is 48.5 Å². The second-order valence-electron chi connectivity index (χ2n) is 30.7. The van der Waals surface area contributed by atoms with E-state index < -0.39 is 0 Å². The lowest BCUT2D eigenvalue weighted by molar-refractivity contribution is -0.744. The van der Waals surface area contributed by atoms with Crippen LogP contribution < -0.4 is 23.4 Å². The number of fused-ring (bicyclic) bond motifs is 21. The number of anilines is 1. The van der Waals surface area contributed by atoms with Gasteiger partial charge in [-0.3, -0.25) is 0 Å². The van der Waals surface area contributed by atoms with Gasteiger partial charge in [-0.2, -0.15) is 9.13 Å². The fraction of sp³-hybridized carbons (Fsp3) is 0.338. The van der Waals surface area contributed by atoms with Crippen LogP contribution in [0.4, 0.5) is 5.69 Å². The van der Waals surface area contributed by atoms with Crippen LogP contribution in [0.1, 0.15) is 259 Å². The van der Waals surface area contributed by atoms with E-state index in [-0.39, 0.29) is 0 Å². The lowest BCUT2D eigenvalue weighted by atomic mass is 9.90. The summed E-state index contributed by atoms with van der Waals surface area (Å²) in [6.07, 6.45) is 15.1. The van der Waals surface area contributed by atoms with Crippen LogP contribution in [0.25, 0.3) is 133 Å². The number of para-hydroxylation sites is 10. The zero-order valence-electron chi connectivity index (χ0n) is 98.2. The molecule has 12 aromatic carbocycles. The van der Waals surface area contributed by atoms with Crippen molar-refractivity contribution in [3.05, 3.63) is 379 Å². The van der Waals surface area contributed by atoms with E-state index >= 15 is 0 Å². The minimum atomic E-state index is 0.359. The van der Waals surface area contributed by atoms with Gasteiger partial charge in [0.1, 0.15) is 45.1 Å². The number of imidazole rings is 1. The first kappa shape index (κ1) is 127. The Kier molecular flexibility index (Phi) is 59.4. The third-order valence-corrected chi connectivity index (χ3v) is 23.3. The van der Waals surface area contributed by atoms with E-state index in [0.29, 0.717) is 6.17 Å². The molecule has 776 valence electrons. The molecule has 2 aliphatic rings. The number of rotatable bonds is 4. The highest BCUT2D eigenvalue weighted by Gasteiger charge is 2.36. The van der Waals surface area contributed by atoms with Gasteiger partial charge >= 0.3 is 5.95 Å². The van der Waals surface area contributed by atoms with Crippen molar-refractivity contribution >= 4 is 104 Å². The molecule has 10 heterocycles. The largest absolute Gasteiger partial charge is 0.369 e. The van der Waals surface area contributed by atoms with Crippen molar-refractivity contribution in [3.63, 3.8) is 0 Å². The Hall–Kier alpha value is -13.8. The monoisotopic (exact) mass is 1950 g/mol. The van der Waals surface area contributed by atoms with Crippen LogP contribution in [0.3, 0.4) is 0 Å². The van der Waals surface area contributed by atoms with Crippen molar-refractivity contribution in [2.75, 3.05) is 11.9 Å². The van der Waals surface area contributed by atoms with E-state index in [4.69, 9.17) is 0 Å². The minimum Gasteiger partial charge on any atom is -0.358 e. The number of aromatic nitrogens is 10. The first-order valence-corrected chi connectivity index (χ1v) is 54.7. The van der Waals surface area contributed by atoms with Gasteiger partial charge in [0.05, 0.1) is 73.7 Å². The Morgan fingerprint density at radius 2 is 0.586 bits per heavy atom. The number of pyridine rings is 2. The molecular weight excluding hydrogens is 1770 g/mol. The second kappa shape index (κ2) is 67.6. The maximum Gasteiger partial charge on any atom is 0.369 e. The zero-order valence-corrected chi connectivity index (χ0v) is 98.2. The summed E-state index contributed by atoms with van der Waals surface area (Å²) in [5.74, 6) is 1.16. The SMILES string of the molecule is CC.CC.CC.CC.CC.CC.CC.CC.CC.CC.CC.CC.CC.CC.CC.Cc1cccc2c1N1C(=CN(C)[C@@H]1C)c1ccccc1-2.Cc1cccc2c3ccccc3c3cc[n+](C)n3c12.Cc1cccc2c3ccccc3n(-c3n(C)cc[n+]3C)c12.Cc1ccccc1-n1c2ccccc2c2ccc[n+](C)c21.Cc1ccccc1-n1c2ccccc2c2cccc(C)c21.Cc1ccccc1-n1ccc[n+]1C. The Bertz CT molecular complexity index is 6970. The summed E-state index contributed by atoms with van der Waals surface area (Å²) in [6.45, 7) is 77.5. The summed E-state index contributed by atoms with van der Waals surface area (Å²) in [7, 11) is 12.6. The molecule has 145 heavy (non-hydrogen) atoms. The molecule has 1 atom stereocenters. The number of benzene rings is 12. The molecule has 12 nitrogen and oxygen atoms in total. The molecule has 0 bridgehead atoms. The molecule has 0 saturated carbocycles. The van der Waals surface area contributed by atoms with E-state index in [1.807, 2.05) is 227 Å². The van der Waals surface area contributed by atoms with Crippen molar-refractivity contribution in [1.29, 1.82) is 0 Å². The molecule has 12 heteroatoms. The normalized spacial score (nSPS) is 10.7. The highest BCUT2D eigenvalue weighted by atomic mass is 15.4. The van der Waals surface area contributed by atoms with Crippen LogP contribution in [-0.2, 0) is 35.2 Å². The fourth-order valence-electron chi connectivity index (χ4n) is 17.7. The van der Waals surface area contributed by atoms with Crippen LogP contribution in [0.15, 0.2) is 335 Å². The van der Waals surface area contributed by atoms with Gasteiger partial charge in [-0.1, -0.05) is 432 Å². The van der Waals surface area contributed by atoms with Crippen molar-refractivity contribution in [2.45, 2.75) is 269 Å². The average Bonchev–Trinajstić information content (AvgIpc) is 1.53. The zero-order chi connectivity index (χ0) is 109. The molecule has 8 aromatic heterocycles. The van der Waals surface area contributed by atoms with Crippen LogP contribution in [0.2, 0.25) is 0 Å². The van der Waals surface area contributed by atoms with Gasteiger partial charge < -0.3 is 14.4 Å². The standard InChI is InChI=1S/C20H17N.C19H17N2.C18H18N3.C18H18N2.C17H15N2.C11H13N2.15C2H6/c1-14-8-3-5-12-18(14)21-19-13-6-4-10-16(19)17-11-7-9-15(2)20(17)21;1-14-8-3-5-11-17(14)21-18-12-6-4-9-15(18)16-10-7-13-20(2)19(16)21;1-13-7-6-9-15-14-8-4-5-10-16(14)21(17(13)15)18-19(2)11-12-20(18)3;1-12-7-6-10-16-14-8-4-5-9-15(14)17-11-19(3)13(2)20(17)18(12)16;1-12-6-5-9-15-13-7-3-4-8-14(13)16-10-11-18(2)19(16)17(12)15;1-10-6-3-4-7-11(10)13-9-5-8-12(13)2;15*1-2/h2*3-13H,1-2H3;4-12H,1-3H3;4-11,13H,1-3H3;3-11H,1-2H3;3-9H,1-2H3;15*1-2H3/q;2*+1;;2*+1;;;;;;;;;;;;;;;/t;;;13-;;;;;;;;;;;;;;;;;/m...0................./s1. The number of nitrogens with zero attached hydrogens (tertiary/aromatic N) is 12. The van der Waals surface area contributed by atoms with E-state index in [1.165, 1.54) is 177 Å². The molecular formula is C133H188N12+4. The average molecular weight is 1960 g/mol. The molecule has 0 amide bonds. The number of hydrogen-bond donors (Lipinski definition) is 0.